The number of anilines is 2. The van der Waals surface area contributed by atoms with Crippen LogP contribution in [0.15, 0.2) is 200 Å². The van der Waals surface area contributed by atoms with Crippen LogP contribution in [0.2, 0.25) is 0 Å². The Kier molecular flexibility index (Phi) is 9.21. The molecule has 1 aliphatic rings. The standard InChI is InChI=1S/C60H48BN5/c1-40-21-19-22-41(2)58(40)66(57-38-42(60(3,4)5)37-56(62-57)65-53-34-17-14-30-49(53)50-31-15-18-35-54(50)65)61-52-33-16-13-29-48(52)46-27-11-9-25-44(46)45-26-10-12-28-47(45)51-32-20-36-55-59(51)64(61)39-63(55)43-23-7-6-8-24-43/h6-38H,1-5H3. The van der Waals surface area contributed by atoms with E-state index in [-0.39, 0.29) is 5.41 Å². The number of hydrogen-bond acceptors (Lipinski definition) is 2. The van der Waals surface area contributed by atoms with Crippen molar-refractivity contribution in [2.24, 2.45) is 0 Å². The molecule has 4 heterocycles. The van der Waals surface area contributed by atoms with Crippen LogP contribution < -0.4 is 14.8 Å². The van der Waals surface area contributed by atoms with E-state index in [9.17, 15) is 0 Å². The minimum absolute atomic E-state index is 0.218. The van der Waals surface area contributed by atoms with Gasteiger partial charge in [0.15, 0.2) is 0 Å². The van der Waals surface area contributed by atoms with Crippen LogP contribution in [-0.2, 0) is 5.41 Å². The average Bonchev–Trinajstić information content (AvgIpc) is 3.90. The number of aryl methyl sites for hydroxylation is 2. The second-order valence-electron chi connectivity index (χ2n) is 18.7. The predicted molar refractivity (Wildman–Crippen MR) is 275 cm³/mol. The smallest absolute Gasteiger partial charge is 0.354 e. The molecule has 6 heteroatoms. The molecule has 0 unspecified atom stereocenters. The minimum Gasteiger partial charge on any atom is -0.354 e. The quantitative estimate of drug-likeness (QED) is 0.128. The Hall–Kier alpha value is -7.96. The van der Waals surface area contributed by atoms with E-state index in [1.54, 1.807) is 0 Å². The zero-order valence-electron chi connectivity index (χ0n) is 37.9. The summed E-state index contributed by atoms with van der Waals surface area (Å²) in [6, 6.07) is 72.9. The molecule has 0 fully saturated rings. The third-order valence-corrected chi connectivity index (χ3v) is 13.6. The maximum atomic E-state index is 5.91. The SMILES string of the molecule is Cc1cccc(C)c1N(B1c2ccccc2-c2ccccc2-c2ccccc2-c2cccc3c2[n+]1[c-]n3-c1ccccc1)c1cc(C(C)(C)C)cc(-n2c3ccccc3c3ccccc32)n1. The van der Waals surface area contributed by atoms with Crippen LogP contribution in [0, 0.1) is 20.2 Å². The monoisotopic (exact) mass is 849 g/mol. The highest BCUT2D eigenvalue weighted by Gasteiger charge is 2.42. The summed E-state index contributed by atoms with van der Waals surface area (Å²) in [5.41, 5.74) is 18.0. The van der Waals surface area contributed by atoms with Gasteiger partial charge in [-0.1, -0.05) is 197 Å². The fourth-order valence-electron chi connectivity index (χ4n) is 10.5. The van der Waals surface area contributed by atoms with Gasteiger partial charge in [0.25, 0.3) is 0 Å². The van der Waals surface area contributed by atoms with Crippen molar-refractivity contribution in [1.82, 2.24) is 14.1 Å². The first kappa shape index (κ1) is 39.6. The van der Waals surface area contributed by atoms with Crippen LogP contribution in [0.4, 0.5) is 11.5 Å². The lowest BCUT2D eigenvalue weighted by atomic mass is 9.61. The third kappa shape index (κ3) is 6.23. The molecule has 11 aromatic rings. The lowest BCUT2D eigenvalue weighted by Gasteiger charge is -2.34. The van der Waals surface area contributed by atoms with E-state index in [0.29, 0.717) is 0 Å². The summed E-state index contributed by atoms with van der Waals surface area (Å²) < 4.78 is 7.02. The van der Waals surface area contributed by atoms with Gasteiger partial charge in [-0.3, -0.25) is 4.57 Å². The summed E-state index contributed by atoms with van der Waals surface area (Å²) >= 11 is 0. The molecule has 5 nitrogen and oxygen atoms in total. The summed E-state index contributed by atoms with van der Waals surface area (Å²) in [6.45, 7) is 10.9. The summed E-state index contributed by atoms with van der Waals surface area (Å²) in [6.07, 6.45) is 4.06. The molecule has 0 aliphatic carbocycles. The molecule has 0 saturated heterocycles. The van der Waals surface area contributed by atoms with Gasteiger partial charge < -0.3 is 13.9 Å². The van der Waals surface area contributed by atoms with E-state index < -0.39 is 6.98 Å². The van der Waals surface area contributed by atoms with E-state index >= 15 is 0 Å². The molecule has 8 aromatic carbocycles. The second-order valence-corrected chi connectivity index (χ2v) is 18.7. The van der Waals surface area contributed by atoms with Gasteiger partial charge >= 0.3 is 6.98 Å². The molecule has 0 saturated carbocycles. The third-order valence-electron chi connectivity index (χ3n) is 13.6. The maximum Gasteiger partial charge on any atom is 0.525 e. The molecule has 0 amide bonds. The number of fused-ring (bicyclic) bond motifs is 9. The highest BCUT2D eigenvalue weighted by atomic mass is 15.3. The lowest BCUT2D eigenvalue weighted by molar-refractivity contribution is -0.511. The van der Waals surface area contributed by atoms with Crippen molar-refractivity contribution in [3.05, 3.63) is 223 Å². The Morgan fingerprint density at radius 3 is 1.65 bits per heavy atom. The first-order valence-electron chi connectivity index (χ1n) is 22.9. The van der Waals surface area contributed by atoms with Crippen LogP contribution in [0.3, 0.4) is 0 Å². The van der Waals surface area contributed by atoms with Crippen molar-refractivity contribution in [2.45, 2.75) is 40.0 Å². The fraction of sp³-hybridized carbons (Fsp3) is 0.100. The van der Waals surface area contributed by atoms with Crippen LogP contribution in [0.25, 0.3) is 77.7 Å². The first-order chi connectivity index (χ1) is 32.2. The van der Waals surface area contributed by atoms with Crippen LogP contribution in [0.1, 0.15) is 37.5 Å². The van der Waals surface area contributed by atoms with Gasteiger partial charge in [0.1, 0.15) is 11.6 Å². The Bertz CT molecular complexity index is 3610. The van der Waals surface area contributed by atoms with E-state index in [1.807, 2.05) is 0 Å². The Labute approximate surface area is 386 Å². The Morgan fingerprint density at radius 2 is 1.02 bits per heavy atom. The number of aromatic nitrogens is 4. The van der Waals surface area contributed by atoms with Crippen molar-refractivity contribution in [3.63, 3.8) is 0 Å². The Balaban J connectivity index is 1.27. The molecule has 3 aromatic heterocycles. The van der Waals surface area contributed by atoms with Gasteiger partial charge in [0, 0.05) is 21.9 Å². The molecule has 1 aliphatic heterocycles. The highest BCUT2D eigenvalue weighted by molar-refractivity contribution is 6.72. The maximum absolute atomic E-state index is 5.91. The number of imidazole rings is 1. The fourth-order valence-corrected chi connectivity index (χ4v) is 10.5. The molecule has 0 radical (unpaired) electrons. The highest BCUT2D eigenvalue weighted by Crippen LogP contribution is 2.43. The number of hydrogen-bond donors (Lipinski definition) is 0. The van der Waals surface area contributed by atoms with E-state index in [0.717, 1.165) is 72.8 Å². The molecule has 0 N–H and O–H groups in total. The summed E-state index contributed by atoms with van der Waals surface area (Å²) in [5, 5.41) is 2.41. The number of benzene rings is 8. The van der Waals surface area contributed by atoms with Crippen LogP contribution in [-0.4, -0.2) is 21.1 Å². The van der Waals surface area contributed by atoms with Gasteiger partial charge in [0.2, 0.25) is 6.33 Å². The molecule has 66 heavy (non-hydrogen) atoms. The lowest BCUT2D eigenvalue weighted by Crippen LogP contribution is -2.68. The Morgan fingerprint density at radius 1 is 0.515 bits per heavy atom. The molecule has 0 atom stereocenters. The molecule has 0 bridgehead atoms. The van der Waals surface area contributed by atoms with Crippen molar-refractivity contribution in [2.75, 3.05) is 4.81 Å². The number of para-hydroxylation sites is 5. The molecule has 316 valence electrons. The van der Waals surface area contributed by atoms with E-state index in [2.05, 4.69) is 260 Å². The number of nitrogens with zero attached hydrogens (tertiary/aromatic N) is 5. The van der Waals surface area contributed by atoms with Gasteiger partial charge in [-0.25, -0.2) is 4.98 Å². The van der Waals surface area contributed by atoms with Crippen LogP contribution >= 0.6 is 0 Å². The van der Waals surface area contributed by atoms with Gasteiger partial charge in [-0.15, -0.1) is 0 Å². The normalized spacial score (nSPS) is 12.3. The van der Waals surface area contributed by atoms with Crippen molar-refractivity contribution >= 4 is 56.8 Å². The molecular weight excluding hydrogens is 802 g/mol. The van der Waals surface area contributed by atoms with Gasteiger partial charge in [-0.05, 0) is 93.6 Å². The van der Waals surface area contributed by atoms with Gasteiger partial charge in [-0.2, -0.15) is 0 Å². The van der Waals surface area contributed by atoms with E-state index in [4.69, 9.17) is 4.98 Å². The summed E-state index contributed by atoms with van der Waals surface area (Å²) in [7, 11) is 0. The zero-order chi connectivity index (χ0) is 44.7. The minimum atomic E-state index is -0.485. The summed E-state index contributed by atoms with van der Waals surface area (Å²) in [5.74, 6) is 1.72. The first-order valence-corrected chi connectivity index (χ1v) is 22.9. The molecule has 0 spiro atoms. The predicted octanol–water partition coefficient (Wildman–Crippen LogP) is 13.5. The van der Waals surface area contributed by atoms with E-state index in [1.165, 1.54) is 38.6 Å². The van der Waals surface area contributed by atoms with Crippen LogP contribution in [0.5, 0.6) is 0 Å². The van der Waals surface area contributed by atoms with Crippen molar-refractivity contribution in [3.8, 4) is 44.9 Å². The molecule has 12 rings (SSSR count). The number of pyridine rings is 1. The van der Waals surface area contributed by atoms with Crippen molar-refractivity contribution in [1.29, 1.82) is 0 Å². The molecular formula is C60H48BN5. The summed E-state index contributed by atoms with van der Waals surface area (Å²) in [4.78, 5) is 8.43. The van der Waals surface area contributed by atoms with Crippen molar-refractivity contribution < 1.29 is 4.48 Å². The zero-order valence-corrected chi connectivity index (χ0v) is 37.9. The topological polar surface area (TPSA) is 29.9 Å². The second kappa shape index (κ2) is 15.3. The largest absolute Gasteiger partial charge is 0.525 e. The average molecular weight is 850 g/mol. The number of rotatable bonds is 5. The van der Waals surface area contributed by atoms with Gasteiger partial charge in [0.05, 0.1) is 27.8 Å².